The molecule has 1 aliphatic carbocycles. The summed E-state index contributed by atoms with van der Waals surface area (Å²) in [6, 6.07) is 3.90. The van der Waals surface area contributed by atoms with E-state index in [2.05, 4.69) is 0 Å². The SMILES string of the molecule is COc1c(OCC2CCC(F)(F)CC2)ccc2c1OCCC2CC=CN. The molecule has 144 valence electrons. The number of nitrogens with two attached hydrogens (primary N) is 1. The minimum atomic E-state index is -2.51. The average molecular weight is 367 g/mol. The molecule has 1 aromatic carbocycles. The molecule has 2 N–H and O–H groups in total. The van der Waals surface area contributed by atoms with Gasteiger partial charge in [0.1, 0.15) is 0 Å². The molecule has 0 amide bonds. The molecule has 1 atom stereocenters. The summed E-state index contributed by atoms with van der Waals surface area (Å²) < 4.78 is 43.9. The van der Waals surface area contributed by atoms with E-state index >= 15 is 0 Å². The fraction of sp³-hybridized carbons (Fsp3) is 0.600. The second-order valence-corrected chi connectivity index (χ2v) is 7.12. The van der Waals surface area contributed by atoms with Gasteiger partial charge in [-0.05, 0) is 49.8 Å². The van der Waals surface area contributed by atoms with E-state index in [1.54, 1.807) is 13.3 Å². The highest BCUT2D eigenvalue weighted by Crippen LogP contribution is 2.47. The molecule has 0 radical (unpaired) electrons. The first-order valence-electron chi connectivity index (χ1n) is 9.25. The Morgan fingerprint density at radius 2 is 2.04 bits per heavy atom. The van der Waals surface area contributed by atoms with E-state index in [0.717, 1.165) is 24.2 Å². The fourth-order valence-electron chi connectivity index (χ4n) is 3.76. The quantitative estimate of drug-likeness (QED) is 0.797. The van der Waals surface area contributed by atoms with Crippen LogP contribution in [0.4, 0.5) is 8.78 Å². The molecule has 0 bridgehead atoms. The van der Waals surface area contributed by atoms with Gasteiger partial charge in [0, 0.05) is 18.4 Å². The molecule has 1 unspecified atom stereocenters. The molecule has 1 fully saturated rings. The number of rotatable bonds is 6. The second-order valence-electron chi connectivity index (χ2n) is 7.12. The van der Waals surface area contributed by atoms with Gasteiger partial charge >= 0.3 is 0 Å². The van der Waals surface area contributed by atoms with Crippen molar-refractivity contribution in [2.24, 2.45) is 11.7 Å². The highest BCUT2D eigenvalue weighted by molar-refractivity contribution is 5.57. The molecule has 6 heteroatoms. The molecule has 4 nitrogen and oxygen atoms in total. The van der Waals surface area contributed by atoms with Crippen molar-refractivity contribution in [1.29, 1.82) is 0 Å². The summed E-state index contributed by atoms with van der Waals surface area (Å²) in [6.07, 6.45) is 6.18. The molecule has 1 saturated carbocycles. The number of hydrogen-bond donors (Lipinski definition) is 1. The largest absolute Gasteiger partial charge is 0.490 e. The molecule has 0 aromatic heterocycles. The number of ether oxygens (including phenoxy) is 3. The Morgan fingerprint density at radius 1 is 1.27 bits per heavy atom. The maximum Gasteiger partial charge on any atom is 0.248 e. The van der Waals surface area contributed by atoms with E-state index < -0.39 is 5.92 Å². The molecule has 3 rings (SSSR count). The van der Waals surface area contributed by atoms with Crippen molar-refractivity contribution in [3.8, 4) is 17.2 Å². The number of halogens is 2. The van der Waals surface area contributed by atoms with E-state index in [1.807, 2.05) is 18.2 Å². The van der Waals surface area contributed by atoms with Crippen molar-refractivity contribution < 1.29 is 23.0 Å². The Bertz CT molecular complexity index is 638. The van der Waals surface area contributed by atoms with E-state index in [9.17, 15) is 8.78 Å². The van der Waals surface area contributed by atoms with Gasteiger partial charge in [0.05, 0.1) is 20.3 Å². The number of alkyl halides is 2. The highest BCUT2D eigenvalue weighted by atomic mass is 19.3. The van der Waals surface area contributed by atoms with E-state index in [-0.39, 0.29) is 18.8 Å². The average Bonchev–Trinajstić information content (AvgIpc) is 2.64. The zero-order valence-electron chi connectivity index (χ0n) is 15.2. The van der Waals surface area contributed by atoms with Crippen molar-refractivity contribution in [2.75, 3.05) is 20.3 Å². The Labute approximate surface area is 153 Å². The summed E-state index contributed by atoms with van der Waals surface area (Å²) in [5, 5.41) is 0. The fourth-order valence-corrected chi connectivity index (χ4v) is 3.76. The van der Waals surface area contributed by atoms with Crippen LogP contribution >= 0.6 is 0 Å². The predicted molar refractivity (Wildman–Crippen MR) is 96.2 cm³/mol. The third kappa shape index (κ3) is 4.22. The summed E-state index contributed by atoms with van der Waals surface area (Å²) in [4.78, 5) is 0. The summed E-state index contributed by atoms with van der Waals surface area (Å²) in [5.41, 5.74) is 6.56. The van der Waals surface area contributed by atoms with Crippen LogP contribution < -0.4 is 19.9 Å². The lowest BCUT2D eigenvalue weighted by atomic mass is 9.87. The van der Waals surface area contributed by atoms with Gasteiger partial charge in [0.2, 0.25) is 11.7 Å². The molecule has 0 saturated heterocycles. The monoisotopic (exact) mass is 367 g/mol. The van der Waals surface area contributed by atoms with Crippen LogP contribution in [0.25, 0.3) is 0 Å². The zero-order chi connectivity index (χ0) is 18.6. The van der Waals surface area contributed by atoms with Crippen LogP contribution in [-0.2, 0) is 0 Å². The molecule has 26 heavy (non-hydrogen) atoms. The molecule has 1 aliphatic heterocycles. The lowest BCUT2D eigenvalue weighted by Crippen LogP contribution is -2.27. The maximum absolute atomic E-state index is 13.3. The van der Waals surface area contributed by atoms with Gasteiger partial charge in [-0.25, -0.2) is 8.78 Å². The normalized spacial score (nSPS) is 22.7. The van der Waals surface area contributed by atoms with Crippen LogP contribution in [0.1, 0.15) is 50.0 Å². The first kappa shape index (κ1) is 18.8. The van der Waals surface area contributed by atoms with Crippen LogP contribution in [0.5, 0.6) is 17.2 Å². The number of fused-ring (bicyclic) bond motifs is 1. The smallest absolute Gasteiger partial charge is 0.248 e. The van der Waals surface area contributed by atoms with E-state index in [1.165, 1.54) is 0 Å². The van der Waals surface area contributed by atoms with Crippen molar-refractivity contribution in [2.45, 2.75) is 50.4 Å². The molecule has 2 aliphatic rings. The van der Waals surface area contributed by atoms with Crippen molar-refractivity contribution in [3.05, 3.63) is 30.0 Å². The Morgan fingerprint density at radius 3 is 2.73 bits per heavy atom. The van der Waals surface area contributed by atoms with Gasteiger partial charge in [-0.1, -0.05) is 12.1 Å². The van der Waals surface area contributed by atoms with Crippen LogP contribution in [0.3, 0.4) is 0 Å². The van der Waals surface area contributed by atoms with Gasteiger partial charge in [-0.15, -0.1) is 0 Å². The predicted octanol–water partition coefficient (Wildman–Crippen LogP) is 4.63. The molecule has 0 spiro atoms. The topological polar surface area (TPSA) is 53.7 Å². The van der Waals surface area contributed by atoms with Crippen molar-refractivity contribution in [3.63, 3.8) is 0 Å². The van der Waals surface area contributed by atoms with Crippen LogP contribution in [0.2, 0.25) is 0 Å². The van der Waals surface area contributed by atoms with Crippen LogP contribution in [-0.4, -0.2) is 26.2 Å². The number of hydrogen-bond acceptors (Lipinski definition) is 4. The summed E-state index contributed by atoms with van der Waals surface area (Å²) in [7, 11) is 1.59. The molecule has 1 aromatic rings. The van der Waals surface area contributed by atoms with Crippen LogP contribution in [0, 0.1) is 5.92 Å². The number of allylic oxidation sites excluding steroid dienone is 1. The Hall–Kier alpha value is -1.98. The zero-order valence-corrected chi connectivity index (χ0v) is 15.2. The summed E-state index contributed by atoms with van der Waals surface area (Å²) in [5.74, 6) is -0.104. The van der Waals surface area contributed by atoms with E-state index in [0.29, 0.717) is 43.5 Å². The summed E-state index contributed by atoms with van der Waals surface area (Å²) >= 11 is 0. The first-order chi connectivity index (χ1) is 12.5. The Kier molecular flexibility index (Phi) is 5.89. The van der Waals surface area contributed by atoms with Crippen LogP contribution in [0.15, 0.2) is 24.4 Å². The number of methoxy groups -OCH3 is 1. The Balaban J connectivity index is 1.71. The van der Waals surface area contributed by atoms with Gasteiger partial charge in [0.25, 0.3) is 0 Å². The van der Waals surface area contributed by atoms with Crippen molar-refractivity contribution >= 4 is 0 Å². The molecular weight excluding hydrogens is 340 g/mol. The first-order valence-corrected chi connectivity index (χ1v) is 9.25. The van der Waals surface area contributed by atoms with Gasteiger partial charge in [0.15, 0.2) is 11.5 Å². The van der Waals surface area contributed by atoms with Gasteiger partial charge in [-0.2, -0.15) is 0 Å². The third-order valence-electron chi connectivity index (χ3n) is 5.33. The van der Waals surface area contributed by atoms with Crippen molar-refractivity contribution in [1.82, 2.24) is 0 Å². The highest BCUT2D eigenvalue weighted by Gasteiger charge is 2.35. The number of benzene rings is 1. The lowest BCUT2D eigenvalue weighted by molar-refractivity contribution is -0.0499. The van der Waals surface area contributed by atoms with Gasteiger partial charge < -0.3 is 19.9 Å². The standard InChI is InChI=1S/C20H27F2NO3/c1-24-19-17(26-13-14-6-9-20(21,22)10-7-14)5-4-16-15(3-2-11-23)8-12-25-18(16)19/h2,4-5,11,14-15H,3,6-10,12-13,23H2,1H3. The molecular formula is C20H27F2NO3. The summed E-state index contributed by atoms with van der Waals surface area (Å²) in [6.45, 7) is 1.04. The minimum Gasteiger partial charge on any atom is -0.490 e. The third-order valence-corrected chi connectivity index (χ3v) is 5.33. The lowest BCUT2D eigenvalue weighted by Gasteiger charge is -2.29. The molecule has 1 heterocycles. The maximum atomic E-state index is 13.3. The van der Waals surface area contributed by atoms with E-state index in [4.69, 9.17) is 19.9 Å². The van der Waals surface area contributed by atoms with Gasteiger partial charge in [-0.3, -0.25) is 0 Å². The second kappa shape index (κ2) is 8.14. The minimum absolute atomic E-state index is 0.0538.